The van der Waals surface area contributed by atoms with Crippen LogP contribution in [0.2, 0.25) is 0 Å². The molecule has 1 aliphatic carbocycles. The van der Waals surface area contributed by atoms with Gasteiger partial charge in [0.15, 0.2) is 6.61 Å². The monoisotopic (exact) mass is 362 g/mol. The molecule has 7 nitrogen and oxygen atoms in total. The highest BCUT2D eigenvalue weighted by Gasteiger charge is 2.23. The van der Waals surface area contributed by atoms with Crippen molar-refractivity contribution in [3.8, 4) is 5.75 Å². The quantitative estimate of drug-likeness (QED) is 0.785. The maximum absolute atomic E-state index is 12.1. The van der Waals surface area contributed by atoms with Crippen molar-refractivity contribution in [2.45, 2.75) is 45.6 Å². The average molecular weight is 362 g/mol. The van der Waals surface area contributed by atoms with Crippen molar-refractivity contribution in [2.75, 3.05) is 13.7 Å². The van der Waals surface area contributed by atoms with E-state index < -0.39 is 24.5 Å². The van der Waals surface area contributed by atoms with Gasteiger partial charge in [0.2, 0.25) is 0 Å². The number of nitrogens with one attached hydrogen (secondary N) is 2. The van der Waals surface area contributed by atoms with Crippen LogP contribution in [0.15, 0.2) is 18.2 Å². The summed E-state index contributed by atoms with van der Waals surface area (Å²) in [5.41, 5.74) is 1.10. The van der Waals surface area contributed by atoms with Crippen LogP contribution in [0.1, 0.15) is 48.5 Å². The van der Waals surface area contributed by atoms with E-state index >= 15 is 0 Å². The molecule has 2 N–H and O–H groups in total. The lowest BCUT2D eigenvalue weighted by Crippen LogP contribution is -2.48. The summed E-state index contributed by atoms with van der Waals surface area (Å²) in [5, 5.41) is 5.01. The minimum atomic E-state index is -0.679. The number of rotatable bonds is 5. The van der Waals surface area contributed by atoms with Crippen molar-refractivity contribution in [1.82, 2.24) is 10.6 Å². The number of imide groups is 1. The van der Waals surface area contributed by atoms with Gasteiger partial charge in [-0.15, -0.1) is 0 Å². The molecule has 1 aromatic rings. The second-order valence-electron chi connectivity index (χ2n) is 6.67. The van der Waals surface area contributed by atoms with Gasteiger partial charge in [0.1, 0.15) is 11.3 Å². The molecule has 26 heavy (non-hydrogen) atoms. The molecule has 0 aromatic heterocycles. The molecule has 3 amide bonds. The van der Waals surface area contributed by atoms with Gasteiger partial charge < -0.3 is 14.8 Å². The number of ether oxygens (including phenoxy) is 2. The fraction of sp³-hybridized carbons (Fsp3) is 0.526. The molecule has 0 spiro atoms. The first-order valence-electron chi connectivity index (χ1n) is 8.82. The van der Waals surface area contributed by atoms with E-state index in [0.29, 0.717) is 11.7 Å². The number of amides is 3. The Hall–Kier alpha value is -2.57. The van der Waals surface area contributed by atoms with Gasteiger partial charge in [-0.05, 0) is 37.8 Å². The molecule has 0 heterocycles. The van der Waals surface area contributed by atoms with Gasteiger partial charge >= 0.3 is 12.0 Å². The van der Waals surface area contributed by atoms with Crippen LogP contribution in [0.4, 0.5) is 4.79 Å². The Morgan fingerprint density at radius 2 is 1.92 bits per heavy atom. The van der Waals surface area contributed by atoms with E-state index in [1.54, 1.807) is 18.2 Å². The summed E-state index contributed by atoms with van der Waals surface area (Å²) in [6, 6.07) is 4.59. The molecule has 0 radical (unpaired) electrons. The average Bonchev–Trinajstić information content (AvgIpc) is 2.61. The first-order chi connectivity index (χ1) is 12.4. The van der Waals surface area contributed by atoms with Gasteiger partial charge in [-0.25, -0.2) is 9.59 Å². The Bertz CT molecular complexity index is 674. The summed E-state index contributed by atoms with van der Waals surface area (Å²) in [5.74, 6) is -0.603. The van der Waals surface area contributed by atoms with Gasteiger partial charge in [0, 0.05) is 6.04 Å². The van der Waals surface area contributed by atoms with Gasteiger partial charge in [-0.1, -0.05) is 31.4 Å². The summed E-state index contributed by atoms with van der Waals surface area (Å²) in [4.78, 5) is 35.9. The SMILES string of the molecule is COc1ccc(C)cc1C(=O)OCC(=O)NC(=O)N[C@H]1CCCC[C@H]1C. The molecule has 142 valence electrons. The van der Waals surface area contributed by atoms with E-state index in [-0.39, 0.29) is 11.6 Å². The van der Waals surface area contributed by atoms with Crippen molar-refractivity contribution in [3.63, 3.8) is 0 Å². The third kappa shape index (κ3) is 5.47. The number of methoxy groups -OCH3 is 1. The number of esters is 1. The minimum Gasteiger partial charge on any atom is -0.496 e. The van der Waals surface area contributed by atoms with E-state index in [4.69, 9.17) is 9.47 Å². The Kier molecular flexibility index (Phi) is 7.00. The number of carbonyl (C=O) groups is 3. The number of hydrogen-bond donors (Lipinski definition) is 2. The predicted molar refractivity (Wildman–Crippen MR) is 96.1 cm³/mol. The largest absolute Gasteiger partial charge is 0.496 e. The Morgan fingerprint density at radius 3 is 2.62 bits per heavy atom. The molecular formula is C19H26N2O5. The second kappa shape index (κ2) is 9.22. The fourth-order valence-corrected chi connectivity index (χ4v) is 3.09. The second-order valence-corrected chi connectivity index (χ2v) is 6.67. The minimum absolute atomic E-state index is 0.0654. The number of urea groups is 1. The topological polar surface area (TPSA) is 93.7 Å². The highest BCUT2D eigenvalue weighted by Crippen LogP contribution is 2.23. The highest BCUT2D eigenvalue weighted by molar-refractivity contribution is 5.98. The van der Waals surface area contributed by atoms with Crippen LogP contribution in [-0.4, -0.2) is 37.7 Å². The normalized spacial score (nSPS) is 19.3. The number of carbonyl (C=O) groups excluding carboxylic acids is 3. The van der Waals surface area contributed by atoms with E-state index in [9.17, 15) is 14.4 Å². The molecule has 0 unspecified atom stereocenters. The van der Waals surface area contributed by atoms with Gasteiger partial charge in [0.25, 0.3) is 5.91 Å². The van der Waals surface area contributed by atoms with Crippen LogP contribution in [-0.2, 0) is 9.53 Å². The van der Waals surface area contributed by atoms with E-state index in [1.165, 1.54) is 7.11 Å². The summed E-state index contributed by atoms with van der Waals surface area (Å²) >= 11 is 0. The van der Waals surface area contributed by atoms with Gasteiger partial charge in [-0.3, -0.25) is 10.1 Å². The summed E-state index contributed by atoms with van der Waals surface area (Å²) < 4.78 is 10.1. The van der Waals surface area contributed by atoms with E-state index in [2.05, 4.69) is 17.6 Å². The van der Waals surface area contributed by atoms with Crippen molar-refractivity contribution < 1.29 is 23.9 Å². The molecule has 1 aliphatic rings. The van der Waals surface area contributed by atoms with E-state index in [0.717, 1.165) is 31.2 Å². The lowest BCUT2D eigenvalue weighted by Gasteiger charge is -2.29. The third-order valence-electron chi connectivity index (χ3n) is 4.59. The van der Waals surface area contributed by atoms with E-state index in [1.807, 2.05) is 6.92 Å². The molecule has 0 bridgehead atoms. The lowest BCUT2D eigenvalue weighted by molar-refractivity contribution is -0.123. The van der Waals surface area contributed by atoms with Crippen LogP contribution in [0.25, 0.3) is 0 Å². The molecule has 2 rings (SSSR count). The maximum Gasteiger partial charge on any atom is 0.342 e. The molecular weight excluding hydrogens is 336 g/mol. The van der Waals surface area contributed by atoms with Crippen LogP contribution in [0.5, 0.6) is 5.75 Å². The van der Waals surface area contributed by atoms with Crippen LogP contribution >= 0.6 is 0 Å². The van der Waals surface area contributed by atoms with Crippen LogP contribution in [0.3, 0.4) is 0 Å². The van der Waals surface area contributed by atoms with Crippen molar-refractivity contribution in [2.24, 2.45) is 5.92 Å². The third-order valence-corrected chi connectivity index (χ3v) is 4.59. The maximum atomic E-state index is 12.1. The predicted octanol–water partition coefficient (Wildman–Crippen LogP) is 2.56. The highest BCUT2D eigenvalue weighted by atomic mass is 16.5. The first-order valence-corrected chi connectivity index (χ1v) is 8.82. The standard InChI is InChI=1S/C19H26N2O5/c1-12-8-9-16(25-3)14(10-12)18(23)26-11-17(22)21-19(24)20-15-7-5-4-6-13(15)2/h8-10,13,15H,4-7,11H2,1-3H3,(H2,20,21,22,24)/t13-,15+/m1/s1. The van der Waals surface area contributed by atoms with Crippen molar-refractivity contribution in [3.05, 3.63) is 29.3 Å². The molecule has 2 atom stereocenters. The molecule has 1 saturated carbocycles. The summed E-state index contributed by atoms with van der Waals surface area (Å²) in [6.45, 7) is 3.38. The molecule has 0 saturated heterocycles. The van der Waals surface area contributed by atoms with Crippen LogP contribution < -0.4 is 15.4 Å². The lowest BCUT2D eigenvalue weighted by atomic mass is 9.86. The number of aryl methyl sites for hydroxylation is 1. The zero-order valence-electron chi connectivity index (χ0n) is 15.5. The molecule has 0 aliphatic heterocycles. The van der Waals surface area contributed by atoms with Crippen LogP contribution in [0, 0.1) is 12.8 Å². The molecule has 7 heteroatoms. The zero-order chi connectivity index (χ0) is 19.1. The number of benzene rings is 1. The first kappa shape index (κ1) is 19.8. The van der Waals surface area contributed by atoms with Crippen molar-refractivity contribution >= 4 is 17.9 Å². The van der Waals surface area contributed by atoms with Crippen molar-refractivity contribution in [1.29, 1.82) is 0 Å². The summed E-state index contributed by atoms with van der Waals surface area (Å²) in [7, 11) is 1.45. The van der Waals surface area contributed by atoms with Gasteiger partial charge in [0.05, 0.1) is 7.11 Å². The zero-order valence-corrected chi connectivity index (χ0v) is 15.5. The Morgan fingerprint density at radius 1 is 1.19 bits per heavy atom. The Labute approximate surface area is 153 Å². The molecule has 1 fully saturated rings. The van der Waals surface area contributed by atoms with Gasteiger partial charge in [-0.2, -0.15) is 0 Å². The fourth-order valence-electron chi connectivity index (χ4n) is 3.09. The molecule has 1 aromatic carbocycles. The smallest absolute Gasteiger partial charge is 0.342 e. The number of hydrogen-bond acceptors (Lipinski definition) is 5. The Balaban J connectivity index is 1.82. The summed E-state index contributed by atoms with van der Waals surface area (Å²) in [6.07, 6.45) is 4.21.